The van der Waals surface area contributed by atoms with E-state index >= 15 is 0 Å². The van der Waals surface area contributed by atoms with Crippen LogP contribution in [0.3, 0.4) is 0 Å². The first-order valence-electron chi connectivity index (χ1n) is 6.14. The molecule has 1 aromatic carbocycles. The van der Waals surface area contributed by atoms with Crippen molar-refractivity contribution in [1.82, 2.24) is 5.32 Å². The maximum absolute atomic E-state index is 12.1. The standard InChI is InChI=1S/C15H18N2O3/c1-5-6-12(14(18)19)16-15(20)17(4)13-8-7-10(2)9-11(13)3/h1,7-9,12H,6H2,2-4H3,(H,16,20)(H,18,19). The van der Waals surface area contributed by atoms with E-state index < -0.39 is 18.0 Å². The second kappa shape index (κ2) is 6.62. The highest BCUT2D eigenvalue weighted by Gasteiger charge is 2.21. The highest BCUT2D eigenvalue weighted by Crippen LogP contribution is 2.20. The number of hydrogen-bond donors (Lipinski definition) is 2. The average molecular weight is 274 g/mol. The van der Waals surface area contributed by atoms with Crippen molar-refractivity contribution in [3.05, 3.63) is 29.3 Å². The number of anilines is 1. The number of urea groups is 1. The van der Waals surface area contributed by atoms with Crippen LogP contribution in [0, 0.1) is 26.2 Å². The van der Waals surface area contributed by atoms with E-state index in [1.54, 1.807) is 7.05 Å². The summed E-state index contributed by atoms with van der Waals surface area (Å²) < 4.78 is 0. The van der Waals surface area contributed by atoms with Crippen LogP contribution >= 0.6 is 0 Å². The van der Waals surface area contributed by atoms with E-state index in [9.17, 15) is 9.59 Å². The first kappa shape index (κ1) is 15.6. The molecule has 0 aliphatic rings. The van der Waals surface area contributed by atoms with Gasteiger partial charge in [-0.15, -0.1) is 12.3 Å². The van der Waals surface area contributed by atoms with Crippen molar-refractivity contribution in [2.45, 2.75) is 26.3 Å². The molecule has 0 aliphatic heterocycles. The molecule has 1 rings (SSSR count). The summed E-state index contributed by atoms with van der Waals surface area (Å²) in [5.74, 6) is 1.09. The molecular formula is C15H18N2O3. The lowest BCUT2D eigenvalue weighted by Crippen LogP contribution is -2.46. The first-order valence-corrected chi connectivity index (χ1v) is 6.14. The summed E-state index contributed by atoms with van der Waals surface area (Å²) in [4.78, 5) is 24.4. The molecular weight excluding hydrogens is 256 g/mol. The smallest absolute Gasteiger partial charge is 0.327 e. The predicted octanol–water partition coefficient (Wildman–Crippen LogP) is 1.93. The maximum atomic E-state index is 12.1. The number of aliphatic carboxylic acids is 1. The Morgan fingerprint density at radius 2 is 2.10 bits per heavy atom. The summed E-state index contributed by atoms with van der Waals surface area (Å²) in [6.07, 6.45) is 5.04. The highest BCUT2D eigenvalue weighted by molar-refractivity contribution is 5.94. The molecule has 0 fully saturated rings. The van der Waals surface area contributed by atoms with Gasteiger partial charge in [0.05, 0.1) is 0 Å². The molecule has 0 aliphatic carbocycles. The van der Waals surface area contributed by atoms with Gasteiger partial charge in [0.1, 0.15) is 6.04 Å². The van der Waals surface area contributed by atoms with Gasteiger partial charge in [-0.3, -0.25) is 4.90 Å². The molecule has 2 amide bonds. The van der Waals surface area contributed by atoms with Crippen LogP contribution in [0.4, 0.5) is 10.5 Å². The third-order valence-corrected chi connectivity index (χ3v) is 2.94. The normalized spacial score (nSPS) is 11.3. The Morgan fingerprint density at radius 1 is 1.45 bits per heavy atom. The largest absolute Gasteiger partial charge is 0.480 e. The van der Waals surface area contributed by atoms with Crippen LogP contribution in [0.2, 0.25) is 0 Å². The molecule has 0 spiro atoms. The Labute approximate surface area is 118 Å². The van der Waals surface area contributed by atoms with Crippen LogP contribution in [0.1, 0.15) is 17.5 Å². The summed E-state index contributed by atoms with van der Waals surface area (Å²) in [5.41, 5.74) is 2.75. The SMILES string of the molecule is C#CCC(NC(=O)N(C)c1ccc(C)cc1C)C(=O)O. The van der Waals surface area contributed by atoms with Gasteiger partial charge in [-0.05, 0) is 25.5 Å². The van der Waals surface area contributed by atoms with Gasteiger partial charge in [0, 0.05) is 19.2 Å². The van der Waals surface area contributed by atoms with Crippen LogP contribution < -0.4 is 10.2 Å². The first-order chi connectivity index (χ1) is 9.36. The number of nitrogens with one attached hydrogen (secondary N) is 1. The van der Waals surface area contributed by atoms with Crippen molar-refractivity contribution in [2.24, 2.45) is 0 Å². The number of carboxylic acids is 1. The van der Waals surface area contributed by atoms with E-state index in [4.69, 9.17) is 11.5 Å². The number of nitrogens with zero attached hydrogens (tertiary/aromatic N) is 1. The molecule has 0 heterocycles. The summed E-state index contributed by atoms with van der Waals surface area (Å²) >= 11 is 0. The van der Waals surface area contributed by atoms with E-state index in [1.165, 1.54) is 4.90 Å². The van der Waals surface area contributed by atoms with Crippen molar-refractivity contribution in [2.75, 3.05) is 11.9 Å². The Morgan fingerprint density at radius 3 is 2.60 bits per heavy atom. The van der Waals surface area contributed by atoms with Crippen LogP contribution in [0.15, 0.2) is 18.2 Å². The lowest BCUT2D eigenvalue weighted by atomic mass is 10.1. The molecule has 1 aromatic rings. The monoisotopic (exact) mass is 274 g/mol. The van der Waals surface area contributed by atoms with Crippen molar-refractivity contribution in [3.8, 4) is 12.3 Å². The Bertz CT molecular complexity index is 561. The summed E-state index contributed by atoms with van der Waals surface area (Å²) in [7, 11) is 1.59. The van der Waals surface area contributed by atoms with Crippen molar-refractivity contribution in [1.29, 1.82) is 0 Å². The van der Waals surface area contributed by atoms with Crippen molar-refractivity contribution >= 4 is 17.7 Å². The minimum absolute atomic E-state index is 0.0538. The van der Waals surface area contributed by atoms with Crippen LogP contribution in [0.5, 0.6) is 0 Å². The van der Waals surface area contributed by atoms with E-state index in [2.05, 4.69) is 11.2 Å². The Balaban J connectivity index is 2.86. The van der Waals surface area contributed by atoms with Crippen LogP contribution in [0.25, 0.3) is 0 Å². The van der Waals surface area contributed by atoms with Gasteiger partial charge in [-0.2, -0.15) is 0 Å². The third kappa shape index (κ3) is 3.75. The summed E-state index contributed by atoms with van der Waals surface area (Å²) in [6.45, 7) is 3.85. The quantitative estimate of drug-likeness (QED) is 0.824. The highest BCUT2D eigenvalue weighted by atomic mass is 16.4. The fourth-order valence-corrected chi connectivity index (χ4v) is 1.85. The number of terminal acetylenes is 1. The fourth-order valence-electron chi connectivity index (χ4n) is 1.85. The van der Waals surface area contributed by atoms with Gasteiger partial charge in [-0.25, -0.2) is 9.59 Å². The van der Waals surface area contributed by atoms with E-state index in [1.807, 2.05) is 32.0 Å². The molecule has 0 aromatic heterocycles. The zero-order valence-corrected chi connectivity index (χ0v) is 11.8. The molecule has 2 N–H and O–H groups in total. The molecule has 106 valence electrons. The molecule has 0 saturated carbocycles. The van der Waals surface area contributed by atoms with Crippen LogP contribution in [-0.4, -0.2) is 30.2 Å². The minimum Gasteiger partial charge on any atom is -0.480 e. The zero-order chi connectivity index (χ0) is 15.3. The predicted molar refractivity (Wildman–Crippen MR) is 77.7 cm³/mol. The number of rotatable bonds is 4. The molecule has 0 radical (unpaired) electrons. The summed E-state index contributed by atoms with van der Waals surface area (Å²) in [6, 6.07) is 4.08. The van der Waals surface area contributed by atoms with Crippen LogP contribution in [-0.2, 0) is 4.79 Å². The van der Waals surface area contributed by atoms with Gasteiger partial charge < -0.3 is 10.4 Å². The Hall–Kier alpha value is -2.48. The maximum Gasteiger partial charge on any atom is 0.327 e. The second-order valence-corrected chi connectivity index (χ2v) is 4.60. The van der Waals surface area contributed by atoms with E-state index in [0.717, 1.165) is 16.8 Å². The fraction of sp³-hybridized carbons (Fsp3) is 0.333. The van der Waals surface area contributed by atoms with Crippen molar-refractivity contribution in [3.63, 3.8) is 0 Å². The van der Waals surface area contributed by atoms with E-state index in [-0.39, 0.29) is 6.42 Å². The topological polar surface area (TPSA) is 69.6 Å². The van der Waals surface area contributed by atoms with E-state index in [0.29, 0.717) is 0 Å². The molecule has 0 bridgehead atoms. The summed E-state index contributed by atoms with van der Waals surface area (Å²) in [5, 5.41) is 11.4. The lowest BCUT2D eigenvalue weighted by Gasteiger charge is -2.22. The van der Waals surface area contributed by atoms with Crippen molar-refractivity contribution < 1.29 is 14.7 Å². The lowest BCUT2D eigenvalue weighted by molar-refractivity contribution is -0.139. The second-order valence-electron chi connectivity index (χ2n) is 4.60. The number of carboxylic acid groups (broad SMARTS) is 1. The number of benzene rings is 1. The number of amides is 2. The molecule has 1 unspecified atom stereocenters. The number of aryl methyl sites for hydroxylation is 2. The molecule has 0 saturated heterocycles. The van der Waals surface area contributed by atoms with Gasteiger partial charge in [0.15, 0.2) is 0 Å². The zero-order valence-electron chi connectivity index (χ0n) is 11.8. The Kier molecular flexibility index (Phi) is 5.15. The third-order valence-electron chi connectivity index (χ3n) is 2.94. The van der Waals surface area contributed by atoms with Gasteiger partial charge in [0.25, 0.3) is 0 Å². The number of carbonyl (C=O) groups is 2. The molecule has 20 heavy (non-hydrogen) atoms. The number of hydrogen-bond acceptors (Lipinski definition) is 2. The molecule has 1 atom stereocenters. The van der Waals surface area contributed by atoms with Gasteiger partial charge in [0.2, 0.25) is 0 Å². The van der Waals surface area contributed by atoms with Gasteiger partial charge >= 0.3 is 12.0 Å². The molecule has 5 nitrogen and oxygen atoms in total. The number of carbonyl (C=O) groups excluding carboxylic acids is 1. The molecule has 5 heteroatoms. The average Bonchev–Trinajstić information content (AvgIpc) is 2.37. The van der Waals surface area contributed by atoms with Gasteiger partial charge in [-0.1, -0.05) is 17.7 Å². The minimum atomic E-state index is -1.15.